The van der Waals surface area contributed by atoms with Crippen molar-refractivity contribution in [3.63, 3.8) is 0 Å². The molecule has 1 atom stereocenters. The maximum absolute atomic E-state index is 12.8. The Morgan fingerprint density at radius 1 is 1.13 bits per heavy atom. The number of rotatable bonds is 6. The van der Waals surface area contributed by atoms with Gasteiger partial charge in [0.25, 0.3) is 5.91 Å². The van der Waals surface area contributed by atoms with E-state index >= 15 is 0 Å². The standard InChI is InChI=1S/C23H23N3O3S/c1-29-17-12-10-16(11-13-17)21(27)26-23-25-20-18(8-5-9-19(20)30-23)22(28)24-14-15-6-3-2-4-7-15/h2-4,6-7,10-13,18H,5,8-9,14H2,1H3,(H,24,28)(H,25,26,27). The SMILES string of the molecule is COc1ccc(C(=O)Nc2nc3c(s2)CCCC3C(=O)NCc2ccccc2)cc1. The number of carbonyl (C=O) groups is 2. The van der Waals surface area contributed by atoms with Gasteiger partial charge in [0, 0.05) is 17.0 Å². The number of nitrogens with zero attached hydrogens (tertiary/aromatic N) is 1. The Hall–Kier alpha value is -3.19. The summed E-state index contributed by atoms with van der Waals surface area (Å²) in [5, 5.41) is 6.42. The zero-order chi connectivity index (χ0) is 20.9. The molecular formula is C23H23N3O3S. The maximum atomic E-state index is 12.8. The second-order valence-corrected chi connectivity index (χ2v) is 8.24. The third-order valence-electron chi connectivity index (χ3n) is 5.15. The molecule has 0 aliphatic heterocycles. The highest BCUT2D eigenvalue weighted by atomic mass is 32.1. The second-order valence-electron chi connectivity index (χ2n) is 7.16. The van der Waals surface area contributed by atoms with E-state index in [1.54, 1.807) is 31.4 Å². The first-order valence-electron chi connectivity index (χ1n) is 9.90. The van der Waals surface area contributed by atoms with Gasteiger partial charge in [-0.15, -0.1) is 11.3 Å². The van der Waals surface area contributed by atoms with Crippen molar-refractivity contribution in [2.75, 3.05) is 12.4 Å². The van der Waals surface area contributed by atoms with Crippen LogP contribution in [-0.2, 0) is 17.8 Å². The zero-order valence-electron chi connectivity index (χ0n) is 16.7. The number of hydrogen-bond acceptors (Lipinski definition) is 5. The fourth-order valence-electron chi connectivity index (χ4n) is 3.55. The Kier molecular flexibility index (Phi) is 6.09. The average Bonchev–Trinajstić information content (AvgIpc) is 3.20. The normalized spacial score (nSPS) is 15.2. The molecule has 1 aromatic heterocycles. The van der Waals surface area contributed by atoms with Crippen molar-refractivity contribution in [1.82, 2.24) is 10.3 Å². The minimum atomic E-state index is -0.277. The highest BCUT2D eigenvalue weighted by molar-refractivity contribution is 7.16. The molecule has 4 rings (SSSR count). The first kappa shape index (κ1) is 20.1. The molecule has 30 heavy (non-hydrogen) atoms. The van der Waals surface area contributed by atoms with Gasteiger partial charge < -0.3 is 10.1 Å². The average molecular weight is 422 g/mol. The molecule has 0 spiro atoms. The number of aromatic nitrogens is 1. The van der Waals surface area contributed by atoms with E-state index in [4.69, 9.17) is 4.74 Å². The van der Waals surface area contributed by atoms with E-state index in [0.29, 0.717) is 23.0 Å². The molecule has 154 valence electrons. The summed E-state index contributed by atoms with van der Waals surface area (Å²) in [6.07, 6.45) is 2.58. The number of benzene rings is 2. The van der Waals surface area contributed by atoms with Gasteiger partial charge in [-0.25, -0.2) is 4.98 Å². The van der Waals surface area contributed by atoms with Crippen molar-refractivity contribution in [3.8, 4) is 5.75 Å². The highest BCUT2D eigenvalue weighted by Gasteiger charge is 2.30. The molecule has 0 saturated carbocycles. The van der Waals surface area contributed by atoms with Crippen molar-refractivity contribution in [2.45, 2.75) is 31.7 Å². The van der Waals surface area contributed by atoms with E-state index in [-0.39, 0.29) is 17.7 Å². The molecule has 0 radical (unpaired) electrons. The lowest BCUT2D eigenvalue weighted by Crippen LogP contribution is -2.31. The summed E-state index contributed by atoms with van der Waals surface area (Å²) < 4.78 is 5.12. The maximum Gasteiger partial charge on any atom is 0.257 e. The zero-order valence-corrected chi connectivity index (χ0v) is 17.5. The first-order valence-corrected chi connectivity index (χ1v) is 10.7. The van der Waals surface area contributed by atoms with Crippen LogP contribution in [0.15, 0.2) is 54.6 Å². The third-order valence-corrected chi connectivity index (χ3v) is 6.20. The Labute approximate surface area is 179 Å². The Morgan fingerprint density at radius 3 is 2.63 bits per heavy atom. The molecule has 1 aliphatic rings. The summed E-state index contributed by atoms with van der Waals surface area (Å²) in [4.78, 5) is 31.0. The molecule has 2 aromatic carbocycles. The Morgan fingerprint density at radius 2 is 1.90 bits per heavy atom. The molecule has 1 aliphatic carbocycles. The van der Waals surface area contributed by atoms with Gasteiger partial charge in [0.05, 0.1) is 18.7 Å². The van der Waals surface area contributed by atoms with Gasteiger partial charge in [0.1, 0.15) is 5.75 Å². The van der Waals surface area contributed by atoms with Crippen LogP contribution >= 0.6 is 11.3 Å². The molecule has 6 nitrogen and oxygen atoms in total. The topological polar surface area (TPSA) is 80.3 Å². The number of hydrogen-bond donors (Lipinski definition) is 2. The second kappa shape index (κ2) is 9.09. The number of ether oxygens (including phenoxy) is 1. The molecule has 1 unspecified atom stereocenters. The van der Waals surface area contributed by atoms with Crippen LogP contribution in [-0.4, -0.2) is 23.9 Å². The largest absolute Gasteiger partial charge is 0.497 e. The Bertz CT molecular complexity index is 1030. The molecular weight excluding hydrogens is 398 g/mol. The van der Waals surface area contributed by atoms with Crippen LogP contribution in [0.1, 0.15) is 45.3 Å². The smallest absolute Gasteiger partial charge is 0.257 e. The van der Waals surface area contributed by atoms with Gasteiger partial charge in [0.2, 0.25) is 5.91 Å². The number of amides is 2. The van der Waals surface area contributed by atoms with Crippen molar-refractivity contribution in [3.05, 3.63) is 76.3 Å². The number of carbonyl (C=O) groups excluding carboxylic acids is 2. The lowest BCUT2D eigenvalue weighted by atomic mass is 9.90. The van der Waals surface area contributed by atoms with E-state index in [1.807, 2.05) is 30.3 Å². The molecule has 3 aromatic rings. The van der Waals surface area contributed by atoms with Crippen LogP contribution in [0.5, 0.6) is 5.75 Å². The van der Waals surface area contributed by atoms with Gasteiger partial charge >= 0.3 is 0 Å². The number of methoxy groups -OCH3 is 1. The quantitative estimate of drug-likeness (QED) is 0.627. The summed E-state index contributed by atoms with van der Waals surface area (Å²) in [6.45, 7) is 0.497. The van der Waals surface area contributed by atoms with E-state index in [9.17, 15) is 9.59 Å². The van der Waals surface area contributed by atoms with E-state index in [0.717, 1.165) is 35.4 Å². The first-order chi connectivity index (χ1) is 14.6. The van der Waals surface area contributed by atoms with E-state index < -0.39 is 0 Å². The molecule has 1 heterocycles. The number of fused-ring (bicyclic) bond motifs is 1. The molecule has 2 amide bonds. The van der Waals surface area contributed by atoms with Gasteiger partial charge in [0.15, 0.2) is 5.13 Å². The van der Waals surface area contributed by atoms with Gasteiger partial charge in [-0.05, 0) is 49.1 Å². The number of aryl methyl sites for hydroxylation is 1. The van der Waals surface area contributed by atoms with Crippen LogP contribution in [0.2, 0.25) is 0 Å². The van der Waals surface area contributed by atoms with Crippen LogP contribution in [0.3, 0.4) is 0 Å². The van der Waals surface area contributed by atoms with Gasteiger partial charge in [-0.3, -0.25) is 14.9 Å². The van der Waals surface area contributed by atoms with E-state index in [1.165, 1.54) is 11.3 Å². The fourth-order valence-corrected chi connectivity index (χ4v) is 4.61. The van der Waals surface area contributed by atoms with E-state index in [2.05, 4.69) is 15.6 Å². The summed E-state index contributed by atoms with van der Waals surface area (Å²) in [7, 11) is 1.58. The third kappa shape index (κ3) is 4.52. The van der Waals surface area contributed by atoms with Gasteiger partial charge in [-0.1, -0.05) is 30.3 Å². The van der Waals surface area contributed by atoms with Crippen molar-refractivity contribution < 1.29 is 14.3 Å². The van der Waals surface area contributed by atoms with Gasteiger partial charge in [-0.2, -0.15) is 0 Å². The Balaban J connectivity index is 1.44. The predicted octanol–water partition coefficient (Wildman–Crippen LogP) is 4.14. The minimum Gasteiger partial charge on any atom is -0.497 e. The monoisotopic (exact) mass is 421 g/mol. The number of thiazole rings is 1. The molecule has 7 heteroatoms. The summed E-state index contributed by atoms with van der Waals surface area (Å²) >= 11 is 1.45. The fraction of sp³-hybridized carbons (Fsp3) is 0.261. The molecule has 0 bridgehead atoms. The lowest BCUT2D eigenvalue weighted by Gasteiger charge is -2.20. The summed E-state index contributed by atoms with van der Waals surface area (Å²) in [6, 6.07) is 16.8. The van der Waals surface area contributed by atoms with Crippen LogP contribution < -0.4 is 15.4 Å². The molecule has 0 saturated heterocycles. The van der Waals surface area contributed by atoms with Crippen LogP contribution in [0.25, 0.3) is 0 Å². The van der Waals surface area contributed by atoms with Crippen molar-refractivity contribution >= 4 is 28.3 Å². The van der Waals surface area contributed by atoms with Crippen molar-refractivity contribution in [1.29, 1.82) is 0 Å². The number of anilines is 1. The molecule has 0 fully saturated rings. The minimum absolute atomic E-state index is 0.0156. The van der Waals surface area contributed by atoms with Crippen molar-refractivity contribution in [2.24, 2.45) is 0 Å². The predicted molar refractivity (Wildman–Crippen MR) is 117 cm³/mol. The lowest BCUT2D eigenvalue weighted by molar-refractivity contribution is -0.123. The van der Waals surface area contributed by atoms with Crippen LogP contribution in [0.4, 0.5) is 5.13 Å². The summed E-state index contributed by atoms with van der Waals surface area (Å²) in [5.41, 5.74) is 2.38. The number of nitrogens with one attached hydrogen (secondary N) is 2. The highest BCUT2D eigenvalue weighted by Crippen LogP contribution is 2.37. The van der Waals surface area contributed by atoms with Crippen LogP contribution in [0, 0.1) is 0 Å². The summed E-state index contributed by atoms with van der Waals surface area (Å²) in [5.74, 6) is 0.174. The molecule has 2 N–H and O–H groups in total.